The van der Waals surface area contributed by atoms with Crippen LogP contribution in [0.3, 0.4) is 0 Å². The number of carbonyl (C=O) groups is 1. The fraction of sp³-hybridized carbons (Fsp3) is 0.312. The Balaban J connectivity index is 1.81. The Morgan fingerprint density at radius 1 is 1.14 bits per heavy atom. The van der Waals surface area contributed by atoms with Crippen LogP contribution in [0, 0.1) is 0 Å². The molecule has 108 valence electrons. The number of benzene rings is 1. The van der Waals surface area contributed by atoms with Crippen LogP contribution in [0.1, 0.15) is 24.2 Å². The summed E-state index contributed by atoms with van der Waals surface area (Å²) in [6.07, 6.45) is 3.48. The molecule has 0 unspecified atom stereocenters. The summed E-state index contributed by atoms with van der Waals surface area (Å²) >= 11 is 0. The van der Waals surface area contributed by atoms with Gasteiger partial charge in [0, 0.05) is 32.4 Å². The second kappa shape index (κ2) is 5.91. The number of aromatic nitrogens is 2. The van der Waals surface area contributed by atoms with Crippen molar-refractivity contribution in [3.05, 3.63) is 47.9 Å². The molecule has 5 nitrogen and oxygen atoms in total. The molecule has 5 heteroatoms. The van der Waals surface area contributed by atoms with Crippen LogP contribution in [-0.4, -0.2) is 28.8 Å². The number of hydrogen-bond donors (Lipinski definition) is 1. The Kier molecular flexibility index (Phi) is 3.81. The summed E-state index contributed by atoms with van der Waals surface area (Å²) in [6.45, 7) is 1.37. The van der Waals surface area contributed by atoms with Crippen molar-refractivity contribution in [1.29, 1.82) is 0 Å². The van der Waals surface area contributed by atoms with Crippen LogP contribution in [-0.2, 0) is 11.2 Å². The van der Waals surface area contributed by atoms with E-state index < -0.39 is 0 Å². The largest absolute Gasteiger partial charge is 0.394 e. The number of nitrogens with zero attached hydrogens (tertiary/aromatic N) is 3. The average Bonchev–Trinajstić information content (AvgIpc) is 2.51. The molecule has 2 N–H and O–H groups in total. The van der Waals surface area contributed by atoms with Gasteiger partial charge in [0.05, 0.1) is 11.9 Å². The van der Waals surface area contributed by atoms with Gasteiger partial charge in [0.1, 0.15) is 11.6 Å². The lowest BCUT2D eigenvalue weighted by atomic mass is 10.1. The molecule has 1 aromatic heterocycles. The lowest BCUT2D eigenvalue weighted by molar-refractivity contribution is -0.119. The molecular formula is C16H18N4O. The van der Waals surface area contributed by atoms with Crippen LogP contribution in [0.4, 0.5) is 11.5 Å². The first kappa shape index (κ1) is 13.5. The maximum atomic E-state index is 11.3. The fourth-order valence-electron chi connectivity index (χ4n) is 2.50. The lowest BCUT2D eigenvalue weighted by Crippen LogP contribution is -2.35. The molecule has 2 aromatic rings. The normalized spacial score (nSPS) is 15.2. The van der Waals surface area contributed by atoms with E-state index >= 15 is 0 Å². The number of piperidine rings is 1. The number of ketones is 1. The molecule has 0 atom stereocenters. The van der Waals surface area contributed by atoms with E-state index in [1.54, 1.807) is 6.20 Å². The quantitative estimate of drug-likeness (QED) is 0.929. The van der Waals surface area contributed by atoms with Gasteiger partial charge in [-0.05, 0) is 5.56 Å². The van der Waals surface area contributed by atoms with Crippen molar-refractivity contribution in [1.82, 2.24) is 9.97 Å². The highest BCUT2D eigenvalue weighted by Gasteiger charge is 2.20. The van der Waals surface area contributed by atoms with Crippen LogP contribution in [0.15, 0.2) is 36.5 Å². The van der Waals surface area contributed by atoms with E-state index in [0.29, 0.717) is 43.8 Å². The van der Waals surface area contributed by atoms with E-state index in [4.69, 9.17) is 5.73 Å². The van der Waals surface area contributed by atoms with E-state index in [2.05, 4.69) is 27.0 Å². The van der Waals surface area contributed by atoms with E-state index in [-0.39, 0.29) is 0 Å². The van der Waals surface area contributed by atoms with Gasteiger partial charge in [0.15, 0.2) is 5.82 Å². The molecule has 3 rings (SSSR count). The fourth-order valence-corrected chi connectivity index (χ4v) is 2.50. The van der Waals surface area contributed by atoms with Crippen LogP contribution in [0.5, 0.6) is 0 Å². The first-order valence-electron chi connectivity index (χ1n) is 7.14. The average molecular weight is 282 g/mol. The predicted molar refractivity (Wildman–Crippen MR) is 82.1 cm³/mol. The van der Waals surface area contributed by atoms with Crippen LogP contribution in [0.25, 0.3) is 0 Å². The smallest absolute Gasteiger partial charge is 0.155 e. The highest BCUT2D eigenvalue weighted by Crippen LogP contribution is 2.23. The highest BCUT2D eigenvalue weighted by molar-refractivity contribution is 5.81. The van der Waals surface area contributed by atoms with Crippen molar-refractivity contribution in [2.24, 2.45) is 0 Å². The molecule has 0 spiro atoms. The first-order valence-corrected chi connectivity index (χ1v) is 7.14. The molecular weight excluding hydrogens is 264 g/mol. The predicted octanol–water partition coefficient (Wildman–Crippen LogP) is 1.82. The minimum Gasteiger partial charge on any atom is -0.394 e. The molecule has 1 aliphatic heterocycles. The maximum absolute atomic E-state index is 11.3. The van der Waals surface area contributed by atoms with Gasteiger partial charge in [-0.15, -0.1) is 0 Å². The van der Waals surface area contributed by atoms with Gasteiger partial charge in [-0.1, -0.05) is 30.3 Å². The number of anilines is 2. The molecule has 1 saturated heterocycles. The molecule has 2 heterocycles. The number of rotatable bonds is 3. The monoisotopic (exact) mass is 282 g/mol. The summed E-state index contributed by atoms with van der Waals surface area (Å²) in [5.41, 5.74) is 7.74. The first-order chi connectivity index (χ1) is 10.2. The molecule has 0 saturated carbocycles. The summed E-state index contributed by atoms with van der Waals surface area (Å²) in [5, 5.41) is 0. The Morgan fingerprint density at radius 3 is 2.57 bits per heavy atom. The zero-order chi connectivity index (χ0) is 14.7. The number of hydrogen-bond acceptors (Lipinski definition) is 5. The van der Waals surface area contributed by atoms with Gasteiger partial charge in [-0.3, -0.25) is 4.79 Å². The topological polar surface area (TPSA) is 72.1 Å². The van der Waals surface area contributed by atoms with E-state index in [0.717, 1.165) is 11.6 Å². The molecule has 0 aliphatic carbocycles. The minimum atomic E-state index is 0.309. The number of nitrogens with two attached hydrogens (primary N) is 1. The van der Waals surface area contributed by atoms with Gasteiger partial charge in [0.2, 0.25) is 0 Å². The van der Waals surface area contributed by atoms with Gasteiger partial charge in [0.25, 0.3) is 0 Å². The minimum absolute atomic E-state index is 0.309. The van der Waals surface area contributed by atoms with Gasteiger partial charge in [-0.25, -0.2) is 9.97 Å². The third-order valence-corrected chi connectivity index (χ3v) is 3.67. The number of nitrogen functional groups attached to an aromatic ring is 1. The van der Waals surface area contributed by atoms with Crippen LogP contribution < -0.4 is 10.6 Å². The standard InChI is InChI=1S/C16H18N4O/c17-14-11-18-15(10-12-4-2-1-3-5-12)19-16(14)20-8-6-13(21)7-9-20/h1-5,11H,6-10,17H2. The third kappa shape index (κ3) is 3.18. The molecule has 1 aromatic carbocycles. The van der Waals surface area contributed by atoms with Crippen molar-refractivity contribution in [2.45, 2.75) is 19.3 Å². The molecule has 0 bridgehead atoms. The van der Waals surface area contributed by atoms with Crippen molar-refractivity contribution in [3.8, 4) is 0 Å². The summed E-state index contributed by atoms with van der Waals surface area (Å²) in [7, 11) is 0. The molecule has 1 aliphatic rings. The maximum Gasteiger partial charge on any atom is 0.155 e. The Labute approximate surface area is 123 Å². The van der Waals surface area contributed by atoms with E-state index in [1.807, 2.05) is 18.2 Å². The summed E-state index contributed by atoms with van der Waals surface area (Å²) in [6, 6.07) is 10.1. The zero-order valence-corrected chi connectivity index (χ0v) is 11.8. The van der Waals surface area contributed by atoms with E-state index in [1.165, 1.54) is 5.56 Å². The molecule has 21 heavy (non-hydrogen) atoms. The zero-order valence-electron chi connectivity index (χ0n) is 11.8. The van der Waals surface area contributed by atoms with Crippen LogP contribution in [0.2, 0.25) is 0 Å². The van der Waals surface area contributed by atoms with Gasteiger partial charge >= 0.3 is 0 Å². The Hall–Kier alpha value is -2.43. The molecule has 0 radical (unpaired) electrons. The van der Waals surface area contributed by atoms with Crippen molar-refractivity contribution in [2.75, 3.05) is 23.7 Å². The van der Waals surface area contributed by atoms with Crippen molar-refractivity contribution in [3.63, 3.8) is 0 Å². The number of carbonyl (C=O) groups excluding carboxylic acids is 1. The van der Waals surface area contributed by atoms with Crippen molar-refractivity contribution >= 4 is 17.3 Å². The van der Waals surface area contributed by atoms with Gasteiger partial charge in [-0.2, -0.15) is 0 Å². The van der Waals surface area contributed by atoms with E-state index in [9.17, 15) is 4.79 Å². The Bertz CT molecular complexity index is 632. The second-order valence-corrected chi connectivity index (χ2v) is 5.25. The van der Waals surface area contributed by atoms with Crippen LogP contribution >= 0.6 is 0 Å². The second-order valence-electron chi connectivity index (χ2n) is 5.25. The molecule has 0 amide bonds. The summed E-state index contributed by atoms with van der Waals surface area (Å²) < 4.78 is 0. The highest BCUT2D eigenvalue weighted by atomic mass is 16.1. The lowest BCUT2D eigenvalue weighted by Gasteiger charge is -2.28. The summed E-state index contributed by atoms with van der Waals surface area (Å²) in [4.78, 5) is 22.3. The van der Waals surface area contributed by atoms with Crippen molar-refractivity contribution < 1.29 is 4.79 Å². The summed E-state index contributed by atoms with van der Waals surface area (Å²) in [5.74, 6) is 1.81. The number of Topliss-reactive ketones (excluding diaryl/α,β-unsaturated/α-hetero) is 1. The molecule has 1 fully saturated rings. The van der Waals surface area contributed by atoms with Gasteiger partial charge < -0.3 is 10.6 Å². The SMILES string of the molecule is Nc1cnc(Cc2ccccc2)nc1N1CCC(=O)CC1. The Morgan fingerprint density at radius 2 is 1.86 bits per heavy atom. The third-order valence-electron chi connectivity index (χ3n) is 3.67.